The molecule has 0 radical (unpaired) electrons. The summed E-state index contributed by atoms with van der Waals surface area (Å²) < 4.78 is 24.2. The molecular weight excluding hydrogens is 287 g/mol. The maximum atomic E-state index is 13.5. The fourth-order valence-corrected chi connectivity index (χ4v) is 2.51. The van der Waals surface area contributed by atoms with Crippen LogP contribution in [0, 0.1) is 24.1 Å². The monoisotopic (exact) mass is 298 g/mol. The van der Waals surface area contributed by atoms with E-state index >= 15 is 0 Å². The molecule has 0 bridgehead atoms. The van der Waals surface area contributed by atoms with Crippen LogP contribution in [0.2, 0.25) is 0 Å². The second-order valence-electron chi connectivity index (χ2n) is 4.90. The van der Waals surface area contributed by atoms with Crippen LogP contribution >= 0.6 is 0 Å². The number of aryl methyl sites for hydroxylation is 1. The predicted octanol–water partition coefficient (Wildman–Crippen LogP) is 2.31. The van der Waals surface area contributed by atoms with Crippen molar-refractivity contribution in [3.05, 3.63) is 74.7 Å². The first-order valence-corrected chi connectivity index (χ1v) is 6.49. The minimum atomic E-state index is -0.818. The molecule has 5 nitrogen and oxygen atoms in total. The molecule has 22 heavy (non-hydrogen) atoms. The van der Waals surface area contributed by atoms with Crippen LogP contribution in [-0.2, 0) is 0 Å². The van der Waals surface area contributed by atoms with Crippen molar-refractivity contribution in [2.24, 2.45) is 5.73 Å². The fourth-order valence-electron chi connectivity index (χ4n) is 2.51. The van der Waals surface area contributed by atoms with Gasteiger partial charge in [0.25, 0.3) is 5.95 Å². The Morgan fingerprint density at radius 2 is 2.14 bits per heavy atom. The highest BCUT2D eigenvalue weighted by atomic mass is 19.1. The lowest BCUT2D eigenvalue weighted by atomic mass is 9.84. The van der Waals surface area contributed by atoms with Crippen molar-refractivity contribution in [1.82, 2.24) is 0 Å². The van der Waals surface area contributed by atoms with Gasteiger partial charge in [-0.05, 0) is 24.6 Å². The molecule has 2 aromatic rings. The lowest BCUT2D eigenvalue weighted by Crippen LogP contribution is -2.26. The summed E-state index contributed by atoms with van der Waals surface area (Å²) in [6, 6.07) is 8.88. The molecule has 0 spiro atoms. The molecule has 2 heterocycles. The second-order valence-corrected chi connectivity index (χ2v) is 4.90. The van der Waals surface area contributed by atoms with Gasteiger partial charge in [0.1, 0.15) is 23.2 Å². The van der Waals surface area contributed by atoms with Crippen LogP contribution in [0.25, 0.3) is 0 Å². The standard InChI is InChI=1S/C16H11FN2O3/c1-8-5-12(20)14-13(9-3-2-4-10(17)6-9)11(7-18)15(19)22-16(14)21-8/h2-6,13H,19H2,1H3/t13-/m0/s1. The fraction of sp³-hybridized carbons (Fsp3) is 0.125. The summed E-state index contributed by atoms with van der Waals surface area (Å²) in [4.78, 5) is 12.3. The molecular formula is C16H11FN2O3. The van der Waals surface area contributed by atoms with Crippen LogP contribution < -0.4 is 15.9 Å². The highest BCUT2D eigenvalue weighted by molar-refractivity contribution is 5.52. The van der Waals surface area contributed by atoms with E-state index in [1.807, 2.05) is 6.07 Å². The van der Waals surface area contributed by atoms with Crippen LogP contribution in [0.15, 0.2) is 51.0 Å². The summed E-state index contributed by atoms with van der Waals surface area (Å²) in [7, 11) is 0. The summed E-state index contributed by atoms with van der Waals surface area (Å²) in [5.74, 6) is -1.15. The Balaban J connectivity index is 2.32. The van der Waals surface area contributed by atoms with Gasteiger partial charge in [-0.3, -0.25) is 4.79 Å². The molecule has 0 aliphatic carbocycles. The van der Waals surface area contributed by atoms with Crippen molar-refractivity contribution in [2.45, 2.75) is 12.8 Å². The lowest BCUT2D eigenvalue weighted by Gasteiger charge is -2.24. The summed E-state index contributed by atoms with van der Waals surface area (Å²) >= 11 is 0. The van der Waals surface area contributed by atoms with E-state index in [0.29, 0.717) is 11.3 Å². The number of rotatable bonds is 1. The van der Waals surface area contributed by atoms with Gasteiger partial charge in [0.05, 0.1) is 11.5 Å². The van der Waals surface area contributed by atoms with E-state index in [9.17, 15) is 14.4 Å². The number of fused-ring (bicyclic) bond motifs is 1. The number of halogens is 1. The highest BCUT2D eigenvalue weighted by Gasteiger charge is 2.34. The number of nitriles is 1. The van der Waals surface area contributed by atoms with Crippen LogP contribution in [0.4, 0.5) is 4.39 Å². The van der Waals surface area contributed by atoms with E-state index in [1.165, 1.54) is 24.3 Å². The van der Waals surface area contributed by atoms with Gasteiger partial charge in [0.2, 0.25) is 5.88 Å². The molecule has 0 amide bonds. The smallest absolute Gasteiger partial charge is 0.299 e. The first-order valence-electron chi connectivity index (χ1n) is 6.49. The summed E-state index contributed by atoms with van der Waals surface area (Å²) in [6.07, 6.45) is 0. The largest absolute Gasteiger partial charge is 0.430 e. The number of hydrogen-bond donors (Lipinski definition) is 1. The van der Waals surface area contributed by atoms with Crippen molar-refractivity contribution in [1.29, 1.82) is 5.26 Å². The molecule has 1 aliphatic heterocycles. The minimum Gasteiger partial charge on any atom is -0.430 e. The van der Waals surface area contributed by atoms with Gasteiger partial charge >= 0.3 is 0 Å². The van der Waals surface area contributed by atoms with Crippen LogP contribution in [0.1, 0.15) is 22.8 Å². The number of benzene rings is 1. The number of nitrogens with two attached hydrogens (primary N) is 1. The Bertz CT molecular complexity index is 893. The van der Waals surface area contributed by atoms with E-state index in [4.69, 9.17) is 14.9 Å². The summed E-state index contributed by atoms with van der Waals surface area (Å²) in [6.45, 7) is 1.60. The maximum absolute atomic E-state index is 13.5. The summed E-state index contributed by atoms with van der Waals surface area (Å²) in [5, 5.41) is 9.34. The predicted molar refractivity (Wildman–Crippen MR) is 75.4 cm³/mol. The SMILES string of the molecule is Cc1cc(=O)c2c(o1)OC(N)=C(C#N)[C@@H]2c1cccc(F)c1. The molecule has 1 aromatic heterocycles. The Hall–Kier alpha value is -3.07. The van der Waals surface area contributed by atoms with Gasteiger partial charge in [0, 0.05) is 6.07 Å². The zero-order valence-corrected chi connectivity index (χ0v) is 11.6. The molecule has 1 atom stereocenters. The molecule has 1 aliphatic rings. The van der Waals surface area contributed by atoms with Crippen LogP contribution in [0.3, 0.4) is 0 Å². The summed E-state index contributed by atoms with van der Waals surface area (Å²) in [5.41, 5.74) is 6.02. The van der Waals surface area contributed by atoms with E-state index in [0.717, 1.165) is 0 Å². The first kappa shape index (κ1) is 13.9. The minimum absolute atomic E-state index is 0.0502. The highest BCUT2D eigenvalue weighted by Crippen LogP contribution is 2.40. The van der Waals surface area contributed by atoms with Gasteiger partial charge in [-0.15, -0.1) is 0 Å². The zero-order chi connectivity index (χ0) is 15.9. The third kappa shape index (κ3) is 2.13. The van der Waals surface area contributed by atoms with Crippen molar-refractivity contribution in [3.63, 3.8) is 0 Å². The average Bonchev–Trinajstić information content (AvgIpc) is 2.45. The van der Waals surface area contributed by atoms with Gasteiger partial charge in [-0.25, -0.2) is 4.39 Å². The van der Waals surface area contributed by atoms with E-state index in [1.54, 1.807) is 13.0 Å². The van der Waals surface area contributed by atoms with Crippen molar-refractivity contribution in [3.8, 4) is 12.0 Å². The zero-order valence-electron chi connectivity index (χ0n) is 11.6. The molecule has 2 N–H and O–H groups in total. The van der Waals surface area contributed by atoms with Gasteiger partial charge in [0.15, 0.2) is 5.43 Å². The molecule has 110 valence electrons. The molecule has 0 fully saturated rings. The molecule has 0 saturated heterocycles. The van der Waals surface area contributed by atoms with E-state index in [2.05, 4.69) is 0 Å². The third-order valence-corrected chi connectivity index (χ3v) is 3.42. The topological polar surface area (TPSA) is 89.2 Å². The van der Waals surface area contributed by atoms with Crippen LogP contribution in [-0.4, -0.2) is 0 Å². The maximum Gasteiger partial charge on any atom is 0.299 e. The number of nitrogens with zero attached hydrogens (tertiary/aromatic N) is 1. The Morgan fingerprint density at radius 3 is 2.82 bits per heavy atom. The molecule has 1 aromatic carbocycles. The Morgan fingerprint density at radius 1 is 1.36 bits per heavy atom. The lowest BCUT2D eigenvalue weighted by molar-refractivity contribution is 0.275. The molecule has 6 heteroatoms. The van der Waals surface area contributed by atoms with Crippen LogP contribution in [0.5, 0.6) is 5.95 Å². The average molecular weight is 298 g/mol. The van der Waals surface area contributed by atoms with Gasteiger partial charge < -0.3 is 14.9 Å². The number of ether oxygens (including phenoxy) is 1. The molecule has 0 unspecified atom stereocenters. The number of hydrogen-bond acceptors (Lipinski definition) is 5. The molecule has 3 rings (SSSR count). The van der Waals surface area contributed by atoms with Gasteiger partial charge in [-0.2, -0.15) is 5.26 Å². The van der Waals surface area contributed by atoms with E-state index < -0.39 is 11.7 Å². The number of allylic oxidation sites excluding steroid dienone is 1. The van der Waals surface area contributed by atoms with E-state index in [-0.39, 0.29) is 28.4 Å². The van der Waals surface area contributed by atoms with Crippen molar-refractivity contribution >= 4 is 0 Å². The normalized spacial score (nSPS) is 16.7. The van der Waals surface area contributed by atoms with Crippen molar-refractivity contribution in [2.75, 3.05) is 0 Å². The Kier molecular flexibility index (Phi) is 3.18. The van der Waals surface area contributed by atoms with Crippen molar-refractivity contribution < 1.29 is 13.5 Å². The Labute approximate surface area is 125 Å². The quantitative estimate of drug-likeness (QED) is 0.872. The second kappa shape index (κ2) is 5.04. The first-order chi connectivity index (χ1) is 10.5. The van der Waals surface area contributed by atoms with Gasteiger partial charge in [-0.1, -0.05) is 12.1 Å². The molecule has 0 saturated carbocycles. The third-order valence-electron chi connectivity index (χ3n) is 3.42.